The summed E-state index contributed by atoms with van der Waals surface area (Å²) in [5.41, 5.74) is 3.22. The number of hydrogen-bond acceptors (Lipinski definition) is 7. The van der Waals surface area contributed by atoms with Crippen molar-refractivity contribution in [2.24, 2.45) is 0 Å². The lowest BCUT2D eigenvalue weighted by Gasteiger charge is -2.08. The predicted molar refractivity (Wildman–Crippen MR) is 101 cm³/mol. The maximum atomic E-state index is 5.27. The average Bonchev–Trinajstić information content (AvgIpc) is 3.49. The van der Waals surface area contributed by atoms with Crippen LogP contribution in [0.2, 0.25) is 0 Å². The lowest BCUT2D eigenvalue weighted by Crippen LogP contribution is -2.02. The van der Waals surface area contributed by atoms with Crippen LogP contribution in [0, 0.1) is 0 Å². The van der Waals surface area contributed by atoms with Crippen molar-refractivity contribution < 1.29 is 4.74 Å². The van der Waals surface area contributed by atoms with E-state index in [0.29, 0.717) is 12.0 Å². The summed E-state index contributed by atoms with van der Waals surface area (Å²) in [6, 6.07) is 9.92. The molecule has 1 saturated carbocycles. The third-order valence-corrected chi connectivity index (χ3v) is 4.48. The van der Waals surface area contributed by atoms with Gasteiger partial charge in [-0.2, -0.15) is 4.98 Å². The fourth-order valence-corrected chi connectivity index (χ4v) is 3.06. The summed E-state index contributed by atoms with van der Waals surface area (Å²) in [6.45, 7) is 0. The van der Waals surface area contributed by atoms with Crippen molar-refractivity contribution in [3.05, 3.63) is 49.1 Å². The van der Waals surface area contributed by atoms with Gasteiger partial charge in [-0.25, -0.2) is 19.9 Å². The summed E-state index contributed by atoms with van der Waals surface area (Å²) in [5, 5.41) is 3.24. The molecule has 1 fully saturated rings. The van der Waals surface area contributed by atoms with Crippen LogP contribution >= 0.6 is 0 Å². The highest BCUT2D eigenvalue weighted by atomic mass is 16.5. The molecule has 8 nitrogen and oxygen atoms in total. The van der Waals surface area contributed by atoms with Gasteiger partial charge in [-0.1, -0.05) is 6.07 Å². The minimum absolute atomic E-state index is 0.402. The maximum absolute atomic E-state index is 5.27. The Kier molecular flexibility index (Phi) is 3.67. The topological polar surface area (TPSA) is 90.6 Å². The molecule has 0 saturated heterocycles. The molecule has 0 aliphatic heterocycles. The van der Waals surface area contributed by atoms with E-state index in [1.807, 2.05) is 30.3 Å². The molecule has 1 N–H and O–H groups in total. The Morgan fingerprint density at radius 2 is 2.07 bits per heavy atom. The number of nitrogens with one attached hydrogen (secondary N) is 1. The number of methoxy groups -OCH3 is 1. The Labute approximate surface area is 155 Å². The number of nitrogens with zero attached hydrogens (tertiary/aromatic N) is 6. The fraction of sp³-hybridized carbons (Fsp3) is 0.211. The van der Waals surface area contributed by atoms with Crippen LogP contribution in [-0.2, 0) is 0 Å². The van der Waals surface area contributed by atoms with E-state index in [2.05, 4.69) is 24.8 Å². The van der Waals surface area contributed by atoms with Crippen molar-refractivity contribution in [3.8, 4) is 17.3 Å². The monoisotopic (exact) mass is 359 g/mol. The van der Waals surface area contributed by atoms with Gasteiger partial charge < -0.3 is 14.6 Å². The van der Waals surface area contributed by atoms with Crippen molar-refractivity contribution in [1.82, 2.24) is 29.5 Å². The predicted octanol–water partition coefficient (Wildman–Crippen LogP) is 3.37. The van der Waals surface area contributed by atoms with E-state index in [9.17, 15) is 0 Å². The quantitative estimate of drug-likeness (QED) is 0.584. The number of imidazole rings is 1. The van der Waals surface area contributed by atoms with E-state index < -0.39 is 0 Å². The Bertz CT molecular complexity index is 1110. The van der Waals surface area contributed by atoms with Gasteiger partial charge in [0.25, 0.3) is 0 Å². The lowest BCUT2D eigenvalue weighted by molar-refractivity contribution is 0.415. The van der Waals surface area contributed by atoms with Crippen LogP contribution < -0.4 is 10.1 Å². The van der Waals surface area contributed by atoms with E-state index in [1.54, 1.807) is 19.5 Å². The highest BCUT2D eigenvalue weighted by molar-refractivity contribution is 5.77. The van der Waals surface area contributed by atoms with Crippen molar-refractivity contribution in [3.63, 3.8) is 0 Å². The third kappa shape index (κ3) is 2.95. The van der Waals surface area contributed by atoms with E-state index in [4.69, 9.17) is 14.7 Å². The van der Waals surface area contributed by atoms with Gasteiger partial charge in [0.1, 0.15) is 23.3 Å². The number of benzene rings is 1. The van der Waals surface area contributed by atoms with Gasteiger partial charge >= 0.3 is 0 Å². The molecule has 1 aromatic carbocycles. The van der Waals surface area contributed by atoms with Gasteiger partial charge in [0.2, 0.25) is 5.95 Å². The standard InChI is InChI=1S/C19H17N7O/c1-27-14-4-2-3-12(9-14)23-19-21-10-16-18(25-19)26(13-5-6-13)17(24-16)15-7-8-20-11-22-15/h2-4,7-11,13H,5-6H2,1H3,(H,21,23,25). The van der Waals surface area contributed by atoms with Gasteiger partial charge in [-0.05, 0) is 31.0 Å². The number of aromatic nitrogens is 6. The summed E-state index contributed by atoms with van der Waals surface area (Å²) >= 11 is 0. The normalized spacial score (nSPS) is 13.7. The number of rotatable bonds is 5. The zero-order chi connectivity index (χ0) is 18.2. The Morgan fingerprint density at radius 3 is 2.85 bits per heavy atom. The summed E-state index contributed by atoms with van der Waals surface area (Å²) in [6.07, 6.45) is 7.24. The second kappa shape index (κ2) is 6.31. The van der Waals surface area contributed by atoms with Crippen LogP contribution in [0.4, 0.5) is 11.6 Å². The van der Waals surface area contributed by atoms with E-state index in [1.165, 1.54) is 6.33 Å². The summed E-state index contributed by atoms with van der Waals surface area (Å²) in [4.78, 5) is 22.2. The second-order valence-corrected chi connectivity index (χ2v) is 6.39. The molecule has 0 atom stereocenters. The van der Waals surface area contributed by atoms with Gasteiger partial charge in [-0.15, -0.1) is 0 Å². The van der Waals surface area contributed by atoms with Gasteiger partial charge in [-0.3, -0.25) is 0 Å². The zero-order valence-corrected chi connectivity index (χ0v) is 14.7. The molecule has 0 radical (unpaired) electrons. The largest absolute Gasteiger partial charge is 0.497 e. The fourth-order valence-electron chi connectivity index (χ4n) is 3.06. The second-order valence-electron chi connectivity index (χ2n) is 6.39. The smallest absolute Gasteiger partial charge is 0.229 e. The van der Waals surface area contributed by atoms with Crippen molar-refractivity contribution in [2.45, 2.75) is 18.9 Å². The highest BCUT2D eigenvalue weighted by Gasteiger charge is 2.30. The molecule has 0 amide bonds. The van der Waals surface area contributed by atoms with Gasteiger partial charge in [0.05, 0.1) is 13.3 Å². The minimum Gasteiger partial charge on any atom is -0.497 e. The van der Waals surface area contributed by atoms with Crippen LogP contribution in [0.5, 0.6) is 5.75 Å². The Hall–Kier alpha value is -3.55. The molecular formula is C19H17N7O. The summed E-state index contributed by atoms with van der Waals surface area (Å²) in [7, 11) is 1.64. The van der Waals surface area contributed by atoms with Crippen molar-refractivity contribution >= 4 is 22.8 Å². The first kappa shape index (κ1) is 15.7. The SMILES string of the molecule is COc1cccc(Nc2ncc3nc(-c4ccncn4)n(C4CC4)c3n2)c1. The molecule has 1 aliphatic rings. The Balaban J connectivity index is 1.58. The first-order chi connectivity index (χ1) is 13.3. The number of hydrogen-bond donors (Lipinski definition) is 1. The average molecular weight is 359 g/mol. The van der Waals surface area contributed by atoms with Crippen molar-refractivity contribution in [2.75, 3.05) is 12.4 Å². The molecule has 3 heterocycles. The molecule has 5 rings (SSSR count). The van der Waals surface area contributed by atoms with Gasteiger partial charge in [0.15, 0.2) is 11.5 Å². The van der Waals surface area contributed by atoms with Gasteiger partial charge in [0, 0.05) is 24.0 Å². The van der Waals surface area contributed by atoms with Crippen LogP contribution in [0.15, 0.2) is 49.1 Å². The molecule has 0 spiro atoms. The number of ether oxygens (including phenoxy) is 1. The molecular weight excluding hydrogens is 342 g/mol. The Morgan fingerprint density at radius 1 is 1.15 bits per heavy atom. The molecule has 0 unspecified atom stereocenters. The summed E-state index contributed by atoms with van der Waals surface area (Å²) < 4.78 is 7.43. The van der Waals surface area contributed by atoms with Crippen LogP contribution in [0.25, 0.3) is 22.7 Å². The van der Waals surface area contributed by atoms with E-state index >= 15 is 0 Å². The highest BCUT2D eigenvalue weighted by Crippen LogP contribution is 2.40. The van der Waals surface area contributed by atoms with Crippen LogP contribution in [-0.4, -0.2) is 36.6 Å². The molecule has 4 aromatic rings. The molecule has 8 heteroatoms. The molecule has 1 aliphatic carbocycles. The maximum Gasteiger partial charge on any atom is 0.229 e. The van der Waals surface area contributed by atoms with E-state index in [-0.39, 0.29) is 0 Å². The number of anilines is 2. The zero-order valence-electron chi connectivity index (χ0n) is 14.7. The van der Waals surface area contributed by atoms with E-state index in [0.717, 1.165) is 47.0 Å². The van der Waals surface area contributed by atoms with Crippen molar-refractivity contribution in [1.29, 1.82) is 0 Å². The number of fused-ring (bicyclic) bond motifs is 1. The first-order valence-corrected chi connectivity index (χ1v) is 8.74. The minimum atomic E-state index is 0.402. The van der Waals surface area contributed by atoms with Crippen LogP contribution in [0.3, 0.4) is 0 Å². The first-order valence-electron chi connectivity index (χ1n) is 8.74. The molecule has 134 valence electrons. The lowest BCUT2D eigenvalue weighted by atomic mass is 10.3. The molecule has 27 heavy (non-hydrogen) atoms. The van der Waals surface area contributed by atoms with Crippen LogP contribution in [0.1, 0.15) is 18.9 Å². The summed E-state index contributed by atoms with van der Waals surface area (Å²) in [5.74, 6) is 2.10. The molecule has 3 aromatic heterocycles. The molecule has 0 bridgehead atoms. The third-order valence-electron chi connectivity index (χ3n) is 4.48.